The fourth-order valence-corrected chi connectivity index (χ4v) is 2.98. The molecule has 2 atom stereocenters. The maximum Gasteiger partial charge on any atom is 0.161 e. The van der Waals surface area contributed by atoms with Crippen LogP contribution in [0.2, 0.25) is 0 Å². The third kappa shape index (κ3) is 2.42. The first-order chi connectivity index (χ1) is 9.70. The van der Waals surface area contributed by atoms with Gasteiger partial charge in [0.05, 0.1) is 17.2 Å². The molecule has 2 fully saturated rings. The number of piperidine rings is 1. The SMILES string of the molecule is Cl.Fc1cc2ncc(N3CC[C@@H]4CN[C@@H]4C3)nc2cc1F. The van der Waals surface area contributed by atoms with Crippen molar-refractivity contribution in [2.24, 2.45) is 5.92 Å². The van der Waals surface area contributed by atoms with Gasteiger partial charge in [0, 0.05) is 31.3 Å². The van der Waals surface area contributed by atoms with E-state index in [1.54, 1.807) is 6.20 Å². The van der Waals surface area contributed by atoms with Crippen molar-refractivity contribution in [3.63, 3.8) is 0 Å². The first-order valence-electron chi connectivity index (χ1n) is 6.81. The highest BCUT2D eigenvalue weighted by molar-refractivity contribution is 5.85. The van der Waals surface area contributed by atoms with Gasteiger partial charge in [-0.3, -0.25) is 4.98 Å². The van der Waals surface area contributed by atoms with Crippen molar-refractivity contribution in [1.29, 1.82) is 0 Å². The zero-order chi connectivity index (χ0) is 13.7. The molecule has 0 unspecified atom stereocenters. The van der Waals surface area contributed by atoms with Crippen molar-refractivity contribution >= 4 is 29.3 Å². The summed E-state index contributed by atoms with van der Waals surface area (Å²) in [5.74, 6) is -0.274. The summed E-state index contributed by atoms with van der Waals surface area (Å²) < 4.78 is 26.4. The average Bonchev–Trinajstić information content (AvgIpc) is 2.41. The van der Waals surface area contributed by atoms with Gasteiger partial charge in [0.25, 0.3) is 0 Å². The van der Waals surface area contributed by atoms with E-state index in [1.807, 2.05) is 0 Å². The summed E-state index contributed by atoms with van der Waals surface area (Å²) in [6, 6.07) is 2.71. The minimum Gasteiger partial charge on any atom is -0.354 e. The number of nitrogens with one attached hydrogen (secondary N) is 1. The van der Waals surface area contributed by atoms with Crippen LogP contribution >= 0.6 is 12.4 Å². The van der Waals surface area contributed by atoms with Crippen molar-refractivity contribution in [3.8, 4) is 0 Å². The van der Waals surface area contributed by atoms with Gasteiger partial charge in [-0.05, 0) is 18.9 Å². The molecule has 7 heteroatoms. The predicted octanol–water partition coefficient (Wildman–Crippen LogP) is 2.13. The van der Waals surface area contributed by atoms with Gasteiger partial charge < -0.3 is 10.2 Å². The number of benzene rings is 1. The molecule has 0 radical (unpaired) electrons. The van der Waals surface area contributed by atoms with Crippen LogP contribution in [-0.4, -0.2) is 35.6 Å². The highest BCUT2D eigenvalue weighted by atomic mass is 35.5. The molecule has 1 N–H and O–H groups in total. The van der Waals surface area contributed by atoms with E-state index in [9.17, 15) is 8.78 Å². The molecular weight excluding hydrogens is 298 g/mol. The number of halogens is 3. The van der Waals surface area contributed by atoms with Crippen molar-refractivity contribution < 1.29 is 8.78 Å². The molecule has 2 aromatic rings. The minimum atomic E-state index is -0.890. The molecule has 3 heterocycles. The number of hydrogen-bond donors (Lipinski definition) is 1. The minimum absolute atomic E-state index is 0. The lowest BCUT2D eigenvalue weighted by Gasteiger charge is -2.46. The molecule has 1 aromatic carbocycles. The summed E-state index contributed by atoms with van der Waals surface area (Å²) in [5, 5.41) is 3.40. The summed E-state index contributed by atoms with van der Waals surface area (Å²) in [5.41, 5.74) is 0.773. The van der Waals surface area contributed by atoms with Crippen LogP contribution in [0.4, 0.5) is 14.6 Å². The Morgan fingerprint density at radius 1 is 1.19 bits per heavy atom. The second-order valence-corrected chi connectivity index (χ2v) is 5.49. The van der Waals surface area contributed by atoms with Gasteiger partial charge in [-0.25, -0.2) is 13.8 Å². The second kappa shape index (κ2) is 5.35. The number of fused-ring (bicyclic) bond motifs is 2. The molecule has 112 valence electrons. The summed E-state index contributed by atoms with van der Waals surface area (Å²) in [6.45, 7) is 2.94. The van der Waals surface area contributed by atoms with Crippen molar-refractivity contribution in [3.05, 3.63) is 30.0 Å². The van der Waals surface area contributed by atoms with E-state index in [0.717, 1.165) is 49.9 Å². The predicted molar refractivity (Wildman–Crippen MR) is 78.8 cm³/mol. The average molecular weight is 313 g/mol. The number of rotatable bonds is 1. The van der Waals surface area contributed by atoms with Crippen LogP contribution in [0.5, 0.6) is 0 Å². The first kappa shape index (κ1) is 14.4. The van der Waals surface area contributed by atoms with E-state index in [0.29, 0.717) is 17.1 Å². The number of aromatic nitrogens is 2. The number of nitrogens with zero attached hydrogens (tertiary/aromatic N) is 3. The highest BCUT2D eigenvalue weighted by Gasteiger charge is 2.35. The standard InChI is InChI=1S/C14H14F2N4.ClH/c15-9-3-11-12(4-10(9)16)19-14(6-18-11)20-2-1-8-5-17-13(8)7-20;/h3-4,6,8,13,17H,1-2,5,7H2;1H/t8-,13-;/m1./s1. The van der Waals surface area contributed by atoms with Crippen LogP contribution in [0.25, 0.3) is 11.0 Å². The zero-order valence-corrected chi connectivity index (χ0v) is 12.0. The van der Waals surface area contributed by atoms with Crippen LogP contribution < -0.4 is 10.2 Å². The summed E-state index contributed by atoms with van der Waals surface area (Å²) in [4.78, 5) is 10.8. The molecule has 0 saturated carbocycles. The Bertz CT molecular complexity index is 681. The topological polar surface area (TPSA) is 41.1 Å². The lowest BCUT2D eigenvalue weighted by atomic mass is 9.85. The van der Waals surface area contributed by atoms with Crippen LogP contribution in [0.1, 0.15) is 6.42 Å². The van der Waals surface area contributed by atoms with Crippen LogP contribution in [-0.2, 0) is 0 Å². The smallest absolute Gasteiger partial charge is 0.161 e. The maximum absolute atomic E-state index is 13.3. The van der Waals surface area contributed by atoms with E-state index in [1.165, 1.54) is 0 Å². The van der Waals surface area contributed by atoms with Gasteiger partial charge >= 0.3 is 0 Å². The van der Waals surface area contributed by atoms with Gasteiger partial charge in [-0.15, -0.1) is 12.4 Å². The molecule has 0 aliphatic carbocycles. The van der Waals surface area contributed by atoms with E-state index >= 15 is 0 Å². The summed E-state index contributed by atoms with van der Waals surface area (Å²) in [6.07, 6.45) is 2.77. The van der Waals surface area contributed by atoms with Gasteiger partial charge in [0.1, 0.15) is 5.82 Å². The quantitative estimate of drug-likeness (QED) is 0.876. The molecule has 4 nitrogen and oxygen atoms in total. The Labute approximate surface area is 127 Å². The maximum atomic E-state index is 13.3. The molecule has 4 rings (SSSR count). The molecule has 2 aliphatic heterocycles. The van der Waals surface area contributed by atoms with Crippen molar-refractivity contribution in [2.45, 2.75) is 12.5 Å². The Hall–Kier alpha value is -1.53. The normalized spacial score (nSPS) is 24.2. The van der Waals surface area contributed by atoms with Gasteiger partial charge in [0.15, 0.2) is 11.6 Å². The lowest BCUT2D eigenvalue weighted by molar-refractivity contribution is 0.196. The van der Waals surface area contributed by atoms with Crippen molar-refractivity contribution in [1.82, 2.24) is 15.3 Å². The summed E-state index contributed by atoms with van der Waals surface area (Å²) >= 11 is 0. The first-order valence-corrected chi connectivity index (χ1v) is 6.81. The largest absolute Gasteiger partial charge is 0.354 e. The summed E-state index contributed by atoms with van der Waals surface area (Å²) in [7, 11) is 0. The molecule has 0 amide bonds. The Balaban J connectivity index is 0.00000132. The molecule has 0 spiro atoms. The number of anilines is 1. The van der Waals surface area contributed by atoms with E-state index in [-0.39, 0.29) is 12.4 Å². The van der Waals surface area contributed by atoms with Crippen LogP contribution in [0, 0.1) is 17.6 Å². The molecule has 0 bridgehead atoms. The Morgan fingerprint density at radius 3 is 2.62 bits per heavy atom. The third-order valence-corrected chi connectivity index (χ3v) is 4.29. The van der Waals surface area contributed by atoms with E-state index < -0.39 is 11.6 Å². The van der Waals surface area contributed by atoms with E-state index in [2.05, 4.69) is 20.2 Å². The zero-order valence-electron chi connectivity index (χ0n) is 11.2. The number of hydrogen-bond acceptors (Lipinski definition) is 4. The molecule has 2 saturated heterocycles. The van der Waals surface area contributed by atoms with Crippen LogP contribution in [0.3, 0.4) is 0 Å². The highest BCUT2D eigenvalue weighted by Crippen LogP contribution is 2.27. The van der Waals surface area contributed by atoms with Gasteiger partial charge in [-0.1, -0.05) is 0 Å². The van der Waals surface area contributed by atoms with Gasteiger partial charge in [0.2, 0.25) is 0 Å². The monoisotopic (exact) mass is 312 g/mol. The van der Waals surface area contributed by atoms with Gasteiger partial charge in [-0.2, -0.15) is 0 Å². The fourth-order valence-electron chi connectivity index (χ4n) is 2.98. The molecule has 1 aromatic heterocycles. The Kier molecular flexibility index (Phi) is 3.67. The van der Waals surface area contributed by atoms with E-state index in [4.69, 9.17) is 0 Å². The second-order valence-electron chi connectivity index (χ2n) is 5.49. The Morgan fingerprint density at radius 2 is 1.95 bits per heavy atom. The lowest BCUT2D eigenvalue weighted by Crippen LogP contribution is -2.62. The van der Waals surface area contributed by atoms with Crippen molar-refractivity contribution in [2.75, 3.05) is 24.5 Å². The fraction of sp³-hybridized carbons (Fsp3) is 0.429. The van der Waals surface area contributed by atoms with Crippen LogP contribution in [0.15, 0.2) is 18.3 Å². The molecular formula is C14H15ClF2N4. The third-order valence-electron chi connectivity index (χ3n) is 4.29. The molecule has 2 aliphatic rings. The molecule has 21 heavy (non-hydrogen) atoms.